The Labute approximate surface area is 102 Å². The van der Waals surface area contributed by atoms with Crippen LogP contribution in [0.25, 0.3) is 0 Å². The molecular weight excluding hydrogens is 216 g/mol. The van der Waals surface area contributed by atoms with Crippen molar-refractivity contribution in [2.75, 3.05) is 25.0 Å². The monoisotopic (exact) mass is 236 g/mol. The number of nitrogens with two attached hydrogens (primary N) is 1. The number of nitrogens with one attached hydrogen (secondary N) is 1. The number of nitrogens with zero attached hydrogens (tertiary/aromatic N) is 2. The fourth-order valence-corrected chi connectivity index (χ4v) is 1.61. The summed E-state index contributed by atoms with van der Waals surface area (Å²) in [6.45, 7) is 4.33. The molecule has 0 atom stereocenters. The molecule has 5 nitrogen and oxygen atoms in total. The third-order valence-corrected chi connectivity index (χ3v) is 3.10. The van der Waals surface area contributed by atoms with Gasteiger partial charge in [0.1, 0.15) is 0 Å². The fourth-order valence-electron chi connectivity index (χ4n) is 1.61. The van der Waals surface area contributed by atoms with Gasteiger partial charge in [0.15, 0.2) is 0 Å². The van der Waals surface area contributed by atoms with Gasteiger partial charge < -0.3 is 15.8 Å². The molecule has 17 heavy (non-hydrogen) atoms. The Morgan fingerprint density at radius 1 is 1.53 bits per heavy atom. The van der Waals surface area contributed by atoms with Gasteiger partial charge in [-0.15, -0.1) is 0 Å². The number of hydrogen-bond donors (Lipinski definition) is 2. The van der Waals surface area contributed by atoms with Gasteiger partial charge in [-0.25, -0.2) is 4.98 Å². The smallest absolute Gasteiger partial charge is 0.225 e. The second kappa shape index (κ2) is 5.31. The predicted octanol–water partition coefficient (Wildman–Crippen LogP) is 1.42. The van der Waals surface area contributed by atoms with E-state index in [0.29, 0.717) is 18.4 Å². The summed E-state index contributed by atoms with van der Waals surface area (Å²) in [4.78, 5) is 8.46. The van der Waals surface area contributed by atoms with Crippen molar-refractivity contribution in [3.63, 3.8) is 0 Å². The average Bonchev–Trinajstić information content (AvgIpc) is 3.15. The second-order valence-corrected chi connectivity index (χ2v) is 4.62. The van der Waals surface area contributed by atoms with Gasteiger partial charge in [0.05, 0.1) is 6.61 Å². The predicted molar refractivity (Wildman–Crippen MR) is 67.0 cm³/mol. The van der Waals surface area contributed by atoms with E-state index in [1.807, 2.05) is 0 Å². The minimum Gasteiger partial charge on any atom is -0.478 e. The molecule has 1 aromatic rings. The highest BCUT2D eigenvalue weighted by Crippen LogP contribution is 2.44. The topological polar surface area (TPSA) is 73.1 Å². The molecule has 1 heterocycles. The summed E-state index contributed by atoms with van der Waals surface area (Å²) >= 11 is 0. The van der Waals surface area contributed by atoms with Crippen molar-refractivity contribution in [2.45, 2.75) is 26.2 Å². The molecule has 1 saturated carbocycles. The Morgan fingerprint density at radius 2 is 2.35 bits per heavy atom. The number of aromatic nitrogens is 2. The number of rotatable bonds is 7. The van der Waals surface area contributed by atoms with Gasteiger partial charge in [0.2, 0.25) is 11.8 Å². The second-order valence-electron chi connectivity index (χ2n) is 4.62. The van der Waals surface area contributed by atoms with Crippen LogP contribution in [0.2, 0.25) is 0 Å². The first-order valence-electron chi connectivity index (χ1n) is 6.18. The van der Waals surface area contributed by atoms with Crippen molar-refractivity contribution in [2.24, 2.45) is 11.1 Å². The van der Waals surface area contributed by atoms with E-state index < -0.39 is 0 Å². The van der Waals surface area contributed by atoms with Crippen LogP contribution in [0.3, 0.4) is 0 Å². The van der Waals surface area contributed by atoms with Crippen LogP contribution in [0.4, 0.5) is 5.95 Å². The molecule has 5 heteroatoms. The zero-order chi connectivity index (χ0) is 12.1. The first-order chi connectivity index (χ1) is 8.28. The van der Waals surface area contributed by atoms with E-state index in [-0.39, 0.29) is 5.41 Å². The quantitative estimate of drug-likeness (QED) is 0.749. The Balaban J connectivity index is 1.87. The minimum atomic E-state index is 0.281. The molecule has 2 rings (SSSR count). The summed E-state index contributed by atoms with van der Waals surface area (Å²) in [5.41, 5.74) is 6.00. The Bertz CT molecular complexity index is 365. The van der Waals surface area contributed by atoms with E-state index in [4.69, 9.17) is 10.5 Å². The van der Waals surface area contributed by atoms with Crippen molar-refractivity contribution in [3.8, 4) is 5.88 Å². The van der Waals surface area contributed by atoms with E-state index in [9.17, 15) is 0 Å². The van der Waals surface area contributed by atoms with Crippen molar-refractivity contribution < 1.29 is 4.74 Å². The lowest BCUT2D eigenvalue weighted by molar-refractivity contribution is 0.305. The molecule has 0 aromatic carbocycles. The van der Waals surface area contributed by atoms with E-state index in [2.05, 4.69) is 22.2 Å². The molecule has 0 radical (unpaired) electrons. The molecule has 1 aliphatic carbocycles. The lowest BCUT2D eigenvalue weighted by Gasteiger charge is -2.13. The zero-order valence-electron chi connectivity index (χ0n) is 10.3. The molecule has 1 aliphatic rings. The first-order valence-corrected chi connectivity index (χ1v) is 6.18. The van der Waals surface area contributed by atoms with Gasteiger partial charge in [0.25, 0.3) is 0 Å². The highest BCUT2D eigenvalue weighted by molar-refractivity contribution is 5.28. The van der Waals surface area contributed by atoms with Crippen LogP contribution >= 0.6 is 0 Å². The molecule has 1 aromatic heterocycles. The van der Waals surface area contributed by atoms with Crippen molar-refractivity contribution in [1.82, 2.24) is 9.97 Å². The maximum absolute atomic E-state index is 5.72. The van der Waals surface area contributed by atoms with E-state index in [1.54, 1.807) is 12.3 Å². The van der Waals surface area contributed by atoms with E-state index in [0.717, 1.165) is 19.5 Å². The van der Waals surface area contributed by atoms with Crippen molar-refractivity contribution in [1.29, 1.82) is 0 Å². The van der Waals surface area contributed by atoms with E-state index in [1.165, 1.54) is 12.8 Å². The Hall–Kier alpha value is -1.36. The standard InChI is InChI=1S/C12H20N4O/c1-2-7-17-10-3-6-14-11(16-10)15-9-12(8-13)4-5-12/h3,6H,2,4-5,7-9,13H2,1H3,(H,14,15,16). The molecule has 0 unspecified atom stereocenters. The van der Waals surface area contributed by atoms with Gasteiger partial charge in [-0.1, -0.05) is 6.92 Å². The molecule has 0 spiro atoms. The summed E-state index contributed by atoms with van der Waals surface area (Å²) < 4.78 is 5.45. The summed E-state index contributed by atoms with van der Waals surface area (Å²) in [5.74, 6) is 1.25. The third-order valence-electron chi connectivity index (χ3n) is 3.10. The minimum absolute atomic E-state index is 0.281. The van der Waals surface area contributed by atoms with Gasteiger partial charge in [0, 0.05) is 18.8 Å². The molecule has 1 fully saturated rings. The van der Waals surface area contributed by atoms with Crippen LogP contribution < -0.4 is 15.8 Å². The van der Waals surface area contributed by atoms with Gasteiger partial charge >= 0.3 is 0 Å². The number of ether oxygens (including phenoxy) is 1. The highest BCUT2D eigenvalue weighted by Gasteiger charge is 2.40. The number of hydrogen-bond acceptors (Lipinski definition) is 5. The summed E-state index contributed by atoms with van der Waals surface area (Å²) in [7, 11) is 0. The van der Waals surface area contributed by atoms with Crippen LogP contribution in [-0.2, 0) is 0 Å². The SMILES string of the molecule is CCCOc1ccnc(NCC2(CN)CC2)n1. The number of anilines is 1. The maximum Gasteiger partial charge on any atom is 0.225 e. The highest BCUT2D eigenvalue weighted by atomic mass is 16.5. The lowest BCUT2D eigenvalue weighted by atomic mass is 10.1. The lowest BCUT2D eigenvalue weighted by Crippen LogP contribution is -2.24. The van der Waals surface area contributed by atoms with Crippen molar-refractivity contribution in [3.05, 3.63) is 12.3 Å². The van der Waals surface area contributed by atoms with Gasteiger partial charge in [-0.05, 0) is 31.2 Å². The first kappa shape index (κ1) is 12.1. The molecule has 0 bridgehead atoms. The van der Waals surface area contributed by atoms with Crippen LogP contribution in [0.15, 0.2) is 12.3 Å². The molecule has 3 N–H and O–H groups in total. The molecule has 94 valence electrons. The third kappa shape index (κ3) is 3.30. The maximum atomic E-state index is 5.72. The average molecular weight is 236 g/mol. The molecule has 0 saturated heterocycles. The van der Waals surface area contributed by atoms with Gasteiger partial charge in [-0.3, -0.25) is 0 Å². The summed E-state index contributed by atoms with van der Waals surface area (Å²) in [5, 5.41) is 3.23. The summed E-state index contributed by atoms with van der Waals surface area (Å²) in [6.07, 6.45) is 5.08. The molecular formula is C12H20N4O. The zero-order valence-corrected chi connectivity index (χ0v) is 10.3. The fraction of sp³-hybridized carbons (Fsp3) is 0.667. The van der Waals surface area contributed by atoms with E-state index >= 15 is 0 Å². The Kier molecular flexibility index (Phi) is 3.78. The summed E-state index contributed by atoms with van der Waals surface area (Å²) in [6, 6.07) is 1.77. The normalized spacial score (nSPS) is 16.6. The largest absolute Gasteiger partial charge is 0.478 e. The molecule has 0 aliphatic heterocycles. The van der Waals surface area contributed by atoms with Gasteiger partial charge in [-0.2, -0.15) is 4.98 Å². The van der Waals surface area contributed by atoms with Crippen LogP contribution in [0, 0.1) is 5.41 Å². The molecule has 0 amide bonds. The van der Waals surface area contributed by atoms with Crippen LogP contribution in [0.5, 0.6) is 5.88 Å². The van der Waals surface area contributed by atoms with Crippen LogP contribution in [-0.4, -0.2) is 29.7 Å². The van der Waals surface area contributed by atoms with Crippen LogP contribution in [0.1, 0.15) is 26.2 Å². The van der Waals surface area contributed by atoms with Crippen molar-refractivity contribution >= 4 is 5.95 Å². The Morgan fingerprint density at radius 3 is 3.00 bits per heavy atom.